The predicted molar refractivity (Wildman–Crippen MR) is 265 cm³/mol. The third-order valence-electron chi connectivity index (χ3n) is 11.6. The topological polar surface area (TPSA) is 231 Å². The third-order valence-corrected chi connectivity index (χ3v) is 11.6. The van der Waals surface area contributed by atoms with Crippen molar-refractivity contribution >= 4 is 11.9 Å². The second kappa shape index (κ2) is 40.3. The molecule has 0 aromatic carbocycles. The number of unbranched alkanes of at least 4 members (excludes halogenated alkanes) is 10. The zero-order valence-corrected chi connectivity index (χ0v) is 41.5. The first kappa shape index (κ1) is 61.8. The summed E-state index contributed by atoms with van der Waals surface area (Å²) in [6.45, 7) is 2.36. The molecule has 0 aromatic rings. The van der Waals surface area contributed by atoms with Crippen LogP contribution in [0.5, 0.6) is 0 Å². The molecule has 2 heterocycles. The summed E-state index contributed by atoms with van der Waals surface area (Å²) in [5.41, 5.74) is 0. The number of allylic oxidation sites excluding steroid dienone is 14. The zero-order valence-electron chi connectivity index (χ0n) is 41.5. The highest BCUT2D eigenvalue weighted by Crippen LogP contribution is 2.26. The van der Waals surface area contributed by atoms with E-state index < -0.39 is 99.3 Å². The van der Waals surface area contributed by atoms with E-state index in [4.69, 9.17) is 28.4 Å². The number of carbonyl (C=O) groups excluding carboxylic acids is 2. The molecule has 11 atom stereocenters. The second-order valence-electron chi connectivity index (χ2n) is 17.6. The van der Waals surface area contributed by atoms with Gasteiger partial charge in [-0.2, -0.15) is 0 Å². The van der Waals surface area contributed by atoms with E-state index >= 15 is 0 Å². The minimum atomic E-state index is -1.78. The number of rotatable bonds is 38. The van der Waals surface area contributed by atoms with Gasteiger partial charge in [0.15, 0.2) is 18.7 Å². The summed E-state index contributed by atoms with van der Waals surface area (Å²) in [6, 6.07) is 0. The minimum Gasteiger partial charge on any atom is -0.462 e. The lowest BCUT2D eigenvalue weighted by molar-refractivity contribution is -0.332. The molecule has 0 aliphatic carbocycles. The molecular weight excluding hydrogens is 889 g/mol. The number of hydrogen-bond donors (Lipinski definition) is 7. The second-order valence-corrected chi connectivity index (χ2v) is 17.6. The molecule has 0 spiro atoms. The molecule has 11 unspecified atom stereocenters. The molecule has 2 aliphatic rings. The molecule has 0 radical (unpaired) electrons. The quantitative estimate of drug-likeness (QED) is 0.0184. The fraction of sp³-hybridized carbons (Fsp3) is 0.704. The Balaban J connectivity index is 1.86. The fourth-order valence-electron chi connectivity index (χ4n) is 7.41. The van der Waals surface area contributed by atoms with Gasteiger partial charge in [-0.25, -0.2) is 0 Å². The van der Waals surface area contributed by atoms with Gasteiger partial charge in [-0.15, -0.1) is 0 Å². The van der Waals surface area contributed by atoms with Crippen LogP contribution in [0, 0.1) is 0 Å². The molecule has 0 aromatic heterocycles. The number of aliphatic hydroxyl groups is 7. The van der Waals surface area contributed by atoms with Crippen molar-refractivity contribution in [2.24, 2.45) is 0 Å². The molecule has 15 nitrogen and oxygen atoms in total. The molecule has 15 heteroatoms. The van der Waals surface area contributed by atoms with E-state index in [0.29, 0.717) is 19.3 Å². The Morgan fingerprint density at radius 3 is 1.49 bits per heavy atom. The number of carbonyl (C=O) groups is 2. The Morgan fingerprint density at radius 1 is 0.478 bits per heavy atom. The Hall–Kier alpha value is -3.32. The van der Waals surface area contributed by atoms with E-state index in [1.165, 1.54) is 32.1 Å². The van der Waals surface area contributed by atoms with Crippen molar-refractivity contribution in [1.82, 2.24) is 0 Å². The van der Waals surface area contributed by atoms with E-state index in [9.17, 15) is 45.3 Å². The smallest absolute Gasteiger partial charge is 0.306 e. The summed E-state index contributed by atoms with van der Waals surface area (Å²) in [7, 11) is 0. The normalized spacial score (nSPS) is 26.3. The first-order valence-electron chi connectivity index (χ1n) is 25.7. The number of esters is 2. The molecule has 0 bridgehead atoms. The SMILES string of the molecule is CC/C=C\C/C=C\C/C=C\C/C=C\C/C=C\C/C=C\CCC(=O)OC(COC(=O)CCCCCCC/C=C\CCCCCCC)COC1OC(COC2OC(CO)C(O)C(O)C2O)C(O)C(O)C1O. The highest BCUT2D eigenvalue weighted by molar-refractivity contribution is 5.70. The number of hydrogen-bond acceptors (Lipinski definition) is 15. The number of aliphatic hydroxyl groups excluding tert-OH is 7. The molecule has 0 amide bonds. The van der Waals surface area contributed by atoms with Gasteiger partial charge in [0.2, 0.25) is 0 Å². The standard InChI is InChI=1S/C54H88O15/c1-3-5-7-9-11-13-15-17-19-20-21-22-23-25-27-29-31-33-35-37-46(57)67-42(39-64-45(56)36-34-32-30-28-26-24-18-16-14-12-10-8-6-4-2)40-65-53-52(63)50(61)48(59)44(69-53)41-66-54-51(62)49(60)47(58)43(38-55)68-54/h5,7,11,13,16-19,21-22,25,27,31,33,42-44,47-55,58-63H,3-4,6,8-10,12,14-15,20,23-24,26,28-30,32,34-41H2,1-2H3/b7-5-,13-11-,18-16-,19-17-,22-21-,27-25-,33-31-. The van der Waals surface area contributed by atoms with Crippen molar-refractivity contribution < 1.29 is 73.8 Å². The van der Waals surface area contributed by atoms with Crippen LogP contribution in [0.1, 0.15) is 149 Å². The van der Waals surface area contributed by atoms with Crippen LogP contribution in [0.2, 0.25) is 0 Å². The van der Waals surface area contributed by atoms with Crippen LogP contribution in [0.4, 0.5) is 0 Å². The maximum Gasteiger partial charge on any atom is 0.306 e. The van der Waals surface area contributed by atoms with Crippen molar-refractivity contribution in [2.45, 2.75) is 216 Å². The van der Waals surface area contributed by atoms with Crippen LogP contribution in [0.15, 0.2) is 85.1 Å². The highest BCUT2D eigenvalue weighted by atomic mass is 16.7. The maximum absolute atomic E-state index is 13.0. The Labute approximate surface area is 412 Å². The summed E-state index contributed by atoms with van der Waals surface area (Å²) < 4.78 is 33.5. The summed E-state index contributed by atoms with van der Waals surface area (Å²) in [4.78, 5) is 25.7. The Bertz CT molecular complexity index is 1520. The predicted octanol–water partition coefficient (Wildman–Crippen LogP) is 7.21. The number of ether oxygens (including phenoxy) is 6. The van der Waals surface area contributed by atoms with Gasteiger partial charge in [-0.05, 0) is 77.0 Å². The molecule has 69 heavy (non-hydrogen) atoms. The van der Waals surface area contributed by atoms with Crippen LogP contribution in [-0.4, -0.2) is 142 Å². The van der Waals surface area contributed by atoms with Crippen LogP contribution >= 0.6 is 0 Å². The van der Waals surface area contributed by atoms with Gasteiger partial charge in [-0.3, -0.25) is 9.59 Å². The third kappa shape index (κ3) is 28.3. The minimum absolute atomic E-state index is 0.0340. The molecule has 7 N–H and O–H groups in total. The molecule has 2 rings (SSSR count). The molecule has 2 saturated heterocycles. The van der Waals surface area contributed by atoms with Crippen molar-refractivity contribution in [3.8, 4) is 0 Å². The summed E-state index contributed by atoms with van der Waals surface area (Å²) >= 11 is 0. The summed E-state index contributed by atoms with van der Waals surface area (Å²) in [6.07, 6.45) is 31.9. The van der Waals surface area contributed by atoms with Crippen molar-refractivity contribution in [3.05, 3.63) is 85.1 Å². The highest BCUT2D eigenvalue weighted by Gasteiger charge is 2.47. The van der Waals surface area contributed by atoms with Crippen LogP contribution in [0.3, 0.4) is 0 Å². The van der Waals surface area contributed by atoms with E-state index in [1.807, 2.05) is 12.2 Å². The van der Waals surface area contributed by atoms with Crippen LogP contribution < -0.4 is 0 Å². The van der Waals surface area contributed by atoms with E-state index in [2.05, 4.69) is 86.8 Å². The fourth-order valence-corrected chi connectivity index (χ4v) is 7.41. The van der Waals surface area contributed by atoms with Gasteiger partial charge in [0.25, 0.3) is 0 Å². The summed E-state index contributed by atoms with van der Waals surface area (Å²) in [5.74, 6) is -1.04. The largest absolute Gasteiger partial charge is 0.462 e. The molecule has 2 fully saturated rings. The van der Waals surface area contributed by atoms with Gasteiger partial charge in [-0.1, -0.05) is 144 Å². The Kier molecular flexibility index (Phi) is 36.1. The van der Waals surface area contributed by atoms with Gasteiger partial charge >= 0.3 is 11.9 Å². The van der Waals surface area contributed by atoms with Crippen LogP contribution in [-0.2, 0) is 38.0 Å². The maximum atomic E-state index is 13.0. The van der Waals surface area contributed by atoms with Gasteiger partial charge < -0.3 is 64.2 Å². The zero-order chi connectivity index (χ0) is 50.3. The summed E-state index contributed by atoms with van der Waals surface area (Å²) in [5, 5.41) is 72.1. The first-order chi connectivity index (χ1) is 33.5. The van der Waals surface area contributed by atoms with Crippen molar-refractivity contribution in [2.75, 3.05) is 26.4 Å². The van der Waals surface area contributed by atoms with E-state index in [0.717, 1.165) is 70.6 Å². The molecule has 394 valence electrons. The lowest BCUT2D eigenvalue weighted by Crippen LogP contribution is -2.61. The molecular formula is C54H88O15. The average molecular weight is 977 g/mol. The van der Waals surface area contributed by atoms with Crippen molar-refractivity contribution in [1.29, 1.82) is 0 Å². The van der Waals surface area contributed by atoms with Crippen molar-refractivity contribution in [3.63, 3.8) is 0 Å². The molecule has 2 aliphatic heterocycles. The molecule has 0 saturated carbocycles. The van der Waals surface area contributed by atoms with Gasteiger partial charge in [0, 0.05) is 12.8 Å². The van der Waals surface area contributed by atoms with Gasteiger partial charge in [0.1, 0.15) is 55.4 Å². The lowest BCUT2D eigenvalue weighted by atomic mass is 9.98. The average Bonchev–Trinajstić information content (AvgIpc) is 3.34. The Morgan fingerprint density at radius 2 is 0.942 bits per heavy atom. The monoisotopic (exact) mass is 977 g/mol. The van der Waals surface area contributed by atoms with Crippen LogP contribution in [0.25, 0.3) is 0 Å². The van der Waals surface area contributed by atoms with Gasteiger partial charge in [0.05, 0.1) is 19.8 Å². The van der Waals surface area contributed by atoms with E-state index in [-0.39, 0.29) is 19.4 Å². The lowest BCUT2D eigenvalue weighted by Gasteiger charge is -2.42. The first-order valence-corrected chi connectivity index (χ1v) is 25.7. The van der Waals surface area contributed by atoms with E-state index in [1.54, 1.807) is 0 Å².